The van der Waals surface area contributed by atoms with E-state index in [4.69, 9.17) is 16.3 Å². The molecule has 2 heterocycles. The molecule has 1 aromatic heterocycles. The number of benzene rings is 2. The van der Waals surface area contributed by atoms with Crippen molar-refractivity contribution in [2.45, 2.75) is 18.5 Å². The maximum Gasteiger partial charge on any atom is 0.417 e. The average molecular weight is 451 g/mol. The van der Waals surface area contributed by atoms with Crippen molar-refractivity contribution in [3.63, 3.8) is 0 Å². The SMILES string of the molecule is Cn1cc(C(CC(=O)N2CCOCC2)c2ccc(Cl)c(C(F)(F)F)c2)c2ccccc21. The minimum Gasteiger partial charge on any atom is -0.378 e. The number of aromatic nitrogens is 1. The minimum atomic E-state index is -4.58. The Labute approximate surface area is 183 Å². The molecule has 164 valence electrons. The molecule has 0 N–H and O–H groups in total. The van der Waals surface area contributed by atoms with E-state index in [1.165, 1.54) is 6.07 Å². The van der Waals surface area contributed by atoms with Crippen molar-refractivity contribution >= 4 is 28.4 Å². The normalized spacial score (nSPS) is 16.0. The molecule has 4 rings (SSSR count). The Morgan fingerprint density at radius 2 is 1.87 bits per heavy atom. The lowest BCUT2D eigenvalue weighted by Gasteiger charge is -2.29. The van der Waals surface area contributed by atoms with Crippen molar-refractivity contribution in [2.75, 3.05) is 26.3 Å². The first kappa shape index (κ1) is 21.7. The van der Waals surface area contributed by atoms with E-state index in [0.29, 0.717) is 31.9 Å². The van der Waals surface area contributed by atoms with Crippen LogP contribution in [0, 0.1) is 0 Å². The van der Waals surface area contributed by atoms with Gasteiger partial charge in [-0.1, -0.05) is 35.9 Å². The lowest BCUT2D eigenvalue weighted by Crippen LogP contribution is -2.41. The number of fused-ring (bicyclic) bond motifs is 1. The Kier molecular flexibility index (Phi) is 5.99. The van der Waals surface area contributed by atoms with Crippen LogP contribution in [0.3, 0.4) is 0 Å². The Hall–Kier alpha value is -2.51. The van der Waals surface area contributed by atoms with Crippen LogP contribution < -0.4 is 0 Å². The summed E-state index contributed by atoms with van der Waals surface area (Å²) < 4.78 is 47.8. The van der Waals surface area contributed by atoms with Crippen LogP contribution in [0.25, 0.3) is 10.9 Å². The Bertz CT molecular complexity index is 1100. The van der Waals surface area contributed by atoms with Crippen molar-refractivity contribution in [1.29, 1.82) is 0 Å². The van der Waals surface area contributed by atoms with Crippen LogP contribution in [0.15, 0.2) is 48.7 Å². The summed E-state index contributed by atoms with van der Waals surface area (Å²) in [7, 11) is 1.88. The number of alkyl halides is 3. The number of ether oxygens (including phenoxy) is 1. The van der Waals surface area contributed by atoms with Crippen LogP contribution in [-0.4, -0.2) is 41.7 Å². The number of amides is 1. The van der Waals surface area contributed by atoms with Gasteiger partial charge in [0, 0.05) is 49.6 Å². The second-order valence-electron chi connectivity index (χ2n) is 7.70. The zero-order valence-corrected chi connectivity index (χ0v) is 17.7. The number of rotatable bonds is 4. The number of hydrogen-bond acceptors (Lipinski definition) is 2. The van der Waals surface area contributed by atoms with Gasteiger partial charge < -0.3 is 14.2 Å². The quantitative estimate of drug-likeness (QED) is 0.545. The van der Waals surface area contributed by atoms with E-state index >= 15 is 0 Å². The maximum absolute atomic E-state index is 13.5. The predicted octanol–water partition coefficient (Wildman–Crippen LogP) is 5.23. The van der Waals surface area contributed by atoms with E-state index < -0.39 is 17.7 Å². The topological polar surface area (TPSA) is 34.5 Å². The molecular weight excluding hydrogens is 429 g/mol. The van der Waals surface area contributed by atoms with Gasteiger partial charge in [-0.05, 0) is 29.3 Å². The molecule has 0 aliphatic carbocycles. The number of carbonyl (C=O) groups is 1. The zero-order valence-electron chi connectivity index (χ0n) is 17.0. The van der Waals surface area contributed by atoms with Gasteiger partial charge in [0.05, 0.1) is 23.8 Å². The molecule has 3 aromatic rings. The van der Waals surface area contributed by atoms with Gasteiger partial charge in [0.25, 0.3) is 0 Å². The number of nitrogens with zero attached hydrogens (tertiary/aromatic N) is 2. The lowest BCUT2D eigenvalue weighted by atomic mass is 9.87. The number of para-hydroxylation sites is 1. The first-order valence-corrected chi connectivity index (χ1v) is 10.4. The van der Waals surface area contributed by atoms with Crippen LogP contribution in [0.1, 0.15) is 29.0 Å². The first-order valence-electron chi connectivity index (χ1n) is 10.0. The summed E-state index contributed by atoms with van der Waals surface area (Å²) >= 11 is 5.85. The molecule has 1 amide bonds. The Balaban J connectivity index is 1.80. The molecule has 1 unspecified atom stereocenters. The number of aryl methyl sites for hydroxylation is 1. The number of hydrogen-bond donors (Lipinski definition) is 0. The van der Waals surface area contributed by atoms with E-state index in [0.717, 1.165) is 22.5 Å². The monoisotopic (exact) mass is 450 g/mol. The number of carbonyl (C=O) groups excluding carboxylic acids is 1. The summed E-state index contributed by atoms with van der Waals surface area (Å²) in [6.45, 7) is 1.89. The fourth-order valence-corrected chi connectivity index (χ4v) is 4.38. The van der Waals surface area contributed by atoms with E-state index in [9.17, 15) is 18.0 Å². The zero-order chi connectivity index (χ0) is 22.2. The molecule has 0 bridgehead atoms. The third kappa shape index (κ3) is 4.43. The van der Waals surface area contributed by atoms with Crippen molar-refractivity contribution in [1.82, 2.24) is 9.47 Å². The minimum absolute atomic E-state index is 0.0624. The fraction of sp³-hybridized carbons (Fsp3) is 0.348. The van der Waals surface area contributed by atoms with Crippen LogP contribution in [-0.2, 0) is 22.8 Å². The van der Waals surface area contributed by atoms with Crippen LogP contribution in [0.4, 0.5) is 13.2 Å². The number of morpholine rings is 1. The average Bonchev–Trinajstić information content (AvgIpc) is 3.09. The molecule has 1 aliphatic rings. The fourth-order valence-electron chi connectivity index (χ4n) is 4.15. The van der Waals surface area contributed by atoms with Crippen LogP contribution in [0.5, 0.6) is 0 Å². The van der Waals surface area contributed by atoms with Crippen molar-refractivity contribution in [3.05, 3.63) is 70.4 Å². The van der Waals surface area contributed by atoms with E-state index in [1.807, 2.05) is 42.1 Å². The summed E-state index contributed by atoms with van der Waals surface area (Å²) in [6, 6.07) is 11.6. The molecule has 1 fully saturated rings. The molecule has 1 saturated heterocycles. The molecule has 0 radical (unpaired) electrons. The molecule has 31 heavy (non-hydrogen) atoms. The van der Waals surface area contributed by atoms with E-state index in [2.05, 4.69) is 0 Å². The predicted molar refractivity (Wildman–Crippen MR) is 113 cm³/mol. The molecule has 2 aromatic carbocycles. The lowest BCUT2D eigenvalue weighted by molar-refractivity contribution is -0.137. The second kappa shape index (κ2) is 8.55. The molecule has 4 nitrogen and oxygen atoms in total. The maximum atomic E-state index is 13.5. The Morgan fingerprint density at radius 3 is 2.58 bits per heavy atom. The van der Waals surface area contributed by atoms with Crippen LogP contribution in [0.2, 0.25) is 5.02 Å². The highest BCUT2D eigenvalue weighted by atomic mass is 35.5. The standard InChI is InChI=1S/C23H22ClF3N2O2/c1-28-14-18(16-4-2-3-5-21(16)28)17(13-22(30)29-8-10-31-11-9-29)15-6-7-20(24)19(12-15)23(25,26)27/h2-7,12,14,17H,8-11,13H2,1H3. The van der Waals surface area contributed by atoms with Gasteiger partial charge in [-0.3, -0.25) is 4.79 Å². The molecule has 0 spiro atoms. The molecule has 8 heteroatoms. The highest BCUT2D eigenvalue weighted by Gasteiger charge is 2.35. The molecule has 0 saturated carbocycles. The van der Waals surface area contributed by atoms with Crippen molar-refractivity contribution in [3.8, 4) is 0 Å². The van der Waals surface area contributed by atoms with Gasteiger partial charge in [0.1, 0.15) is 0 Å². The molecular formula is C23H22ClF3N2O2. The van der Waals surface area contributed by atoms with E-state index in [-0.39, 0.29) is 17.4 Å². The van der Waals surface area contributed by atoms with Gasteiger partial charge >= 0.3 is 6.18 Å². The summed E-state index contributed by atoms with van der Waals surface area (Å²) in [5.41, 5.74) is 1.28. The smallest absolute Gasteiger partial charge is 0.378 e. The third-order valence-corrected chi connectivity index (χ3v) is 6.07. The van der Waals surface area contributed by atoms with Gasteiger partial charge in [-0.2, -0.15) is 13.2 Å². The number of halogens is 4. The van der Waals surface area contributed by atoms with Crippen molar-refractivity contribution in [2.24, 2.45) is 7.05 Å². The Morgan fingerprint density at radius 1 is 1.16 bits per heavy atom. The van der Waals surface area contributed by atoms with Gasteiger partial charge in [0.15, 0.2) is 0 Å². The van der Waals surface area contributed by atoms with Gasteiger partial charge in [-0.15, -0.1) is 0 Å². The van der Waals surface area contributed by atoms with E-state index in [1.54, 1.807) is 11.0 Å². The van der Waals surface area contributed by atoms with Crippen LogP contribution >= 0.6 is 11.6 Å². The first-order chi connectivity index (χ1) is 14.8. The largest absolute Gasteiger partial charge is 0.417 e. The summed E-state index contributed by atoms with van der Waals surface area (Å²) in [5.74, 6) is -0.649. The molecule has 1 atom stereocenters. The van der Waals surface area contributed by atoms with Crippen molar-refractivity contribution < 1.29 is 22.7 Å². The van der Waals surface area contributed by atoms with Gasteiger partial charge in [-0.25, -0.2) is 0 Å². The highest BCUT2D eigenvalue weighted by Crippen LogP contribution is 2.40. The second-order valence-corrected chi connectivity index (χ2v) is 8.11. The summed E-state index contributed by atoms with van der Waals surface area (Å²) in [6.07, 6.45) is -2.62. The third-order valence-electron chi connectivity index (χ3n) is 5.74. The highest BCUT2D eigenvalue weighted by molar-refractivity contribution is 6.31. The molecule has 1 aliphatic heterocycles. The summed E-state index contributed by atoms with van der Waals surface area (Å²) in [4.78, 5) is 14.8. The van der Waals surface area contributed by atoms with Gasteiger partial charge in [0.2, 0.25) is 5.91 Å². The summed E-state index contributed by atoms with van der Waals surface area (Å²) in [5, 5.41) is 0.556.